The molecule has 0 saturated carbocycles. The SMILES string of the molecule is CN(C)CCNC(=O)c1ccc(-c2noc(C(F)(F)F)n2)cn1. The van der Waals surface area contributed by atoms with Crippen molar-refractivity contribution in [3.8, 4) is 11.4 Å². The first kappa shape index (κ1) is 16.9. The van der Waals surface area contributed by atoms with Crippen molar-refractivity contribution in [2.24, 2.45) is 0 Å². The smallest absolute Gasteiger partial charge is 0.349 e. The third-order valence-electron chi connectivity index (χ3n) is 2.77. The number of carbonyl (C=O) groups excluding carboxylic acids is 1. The Kier molecular flexibility index (Phi) is 4.94. The molecule has 0 aliphatic rings. The number of nitrogens with one attached hydrogen (secondary N) is 1. The molecule has 23 heavy (non-hydrogen) atoms. The summed E-state index contributed by atoms with van der Waals surface area (Å²) in [4.78, 5) is 20.9. The molecule has 7 nitrogen and oxygen atoms in total. The van der Waals surface area contributed by atoms with Crippen molar-refractivity contribution in [1.29, 1.82) is 0 Å². The zero-order chi connectivity index (χ0) is 17.0. The third kappa shape index (κ3) is 4.49. The lowest BCUT2D eigenvalue weighted by Gasteiger charge is -2.10. The molecule has 2 aromatic heterocycles. The van der Waals surface area contributed by atoms with E-state index in [9.17, 15) is 18.0 Å². The molecule has 0 radical (unpaired) electrons. The fraction of sp³-hybridized carbons (Fsp3) is 0.385. The first-order chi connectivity index (χ1) is 10.8. The summed E-state index contributed by atoms with van der Waals surface area (Å²) >= 11 is 0. The molecule has 124 valence electrons. The van der Waals surface area contributed by atoms with Crippen LogP contribution in [0.5, 0.6) is 0 Å². The summed E-state index contributed by atoms with van der Waals surface area (Å²) in [6.45, 7) is 1.13. The van der Waals surface area contributed by atoms with Crippen LogP contribution in [-0.4, -0.2) is 53.1 Å². The molecule has 0 bridgehead atoms. The Labute approximate surface area is 129 Å². The van der Waals surface area contributed by atoms with Gasteiger partial charge in [0, 0.05) is 24.8 Å². The van der Waals surface area contributed by atoms with E-state index in [1.807, 2.05) is 19.0 Å². The largest absolute Gasteiger partial charge is 0.471 e. The van der Waals surface area contributed by atoms with Gasteiger partial charge in [0.2, 0.25) is 5.82 Å². The van der Waals surface area contributed by atoms with Crippen molar-refractivity contribution < 1.29 is 22.5 Å². The van der Waals surface area contributed by atoms with E-state index in [0.717, 1.165) is 0 Å². The Morgan fingerprint density at radius 2 is 2.09 bits per heavy atom. The van der Waals surface area contributed by atoms with E-state index < -0.39 is 12.1 Å². The van der Waals surface area contributed by atoms with E-state index in [1.165, 1.54) is 18.3 Å². The zero-order valence-electron chi connectivity index (χ0n) is 12.4. The quantitative estimate of drug-likeness (QED) is 0.894. The van der Waals surface area contributed by atoms with Crippen LogP contribution in [-0.2, 0) is 6.18 Å². The Balaban J connectivity index is 2.04. The molecule has 10 heteroatoms. The predicted octanol–water partition coefficient (Wildman–Crippen LogP) is 1.44. The molecule has 2 heterocycles. The summed E-state index contributed by atoms with van der Waals surface area (Å²) in [5.74, 6) is -2.05. The van der Waals surface area contributed by atoms with Crippen LogP contribution >= 0.6 is 0 Å². The summed E-state index contributed by atoms with van der Waals surface area (Å²) < 4.78 is 41.3. The number of likely N-dealkylation sites (N-methyl/N-ethyl adjacent to an activating group) is 1. The summed E-state index contributed by atoms with van der Waals surface area (Å²) in [5.41, 5.74) is 0.362. The Morgan fingerprint density at radius 3 is 2.61 bits per heavy atom. The second-order valence-electron chi connectivity index (χ2n) is 4.91. The van der Waals surface area contributed by atoms with Crippen molar-refractivity contribution in [2.45, 2.75) is 6.18 Å². The lowest BCUT2D eigenvalue weighted by Crippen LogP contribution is -2.31. The van der Waals surface area contributed by atoms with Crippen LogP contribution in [0.3, 0.4) is 0 Å². The Hall–Kier alpha value is -2.49. The van der Waals surface area contributed by atoms with Crippen LogP contribution in [0.1, 0.15) is 16.4 Å². The van der Waals surface area contributed by atoms with E-state index >= 15 is 0 Å². The molecule has 0 fully saturated rings. The Morgan fingerprint density at radius 1 is 1.35 bits per heavy atom. The molecule has 1 amide bonds. The summed E-state index contributed by atoms with van der Waals surface area (Å²) in [5, 5.41) is 5.92. The average molecular weight is 329 g/mol. The van der Waals surface area contributed by atoms with Gasteiger partial charge in [-0.3, -0.25) is 9.78 Å². The van der Waals surface area contributed by atoms with Gasteiger partial charge in [-0.15, -0.1) is 0 Å². The summed E-state index contributed by atoms with van der Waals surface area (Å²) in [7, 11) is 3.75. The van der Waals surface area contributed by atoms with Gasteiger partial charge in [-0.1, -0.05) is 5.16 Å². The minimum absolute atomic E-state index is 0.145. The monoisotopic (exact) mass is 329 g/mol. The maximum atomic E-state index is 12.4. The number of hydrogen-bond donors (Lipinski definition) is 1. The molecule has 0 saturated heterocycles. The minimum atomic E-state index is -4.70. The van der Waals surface area contributed by atoms with Crippen LogP contribution < -0.4 is 5.32 Å². The van der Waals surface area contributed by atoms with Gasteiger partial charge < -0.3 is 14.7 Å². The first-order valence-electron chi connectivity index (χ1n) is 6.57. The van der Waals surface area contributed by atoms with E-state index in [1.54, 1.807) is 0 Å². The average Bonchev–Trinajstić information content (AvgIpc) is 2.97. The number of pyridine rings is 1. The molecular weight excluding hydrogens is 315 g/mol. The van der Waals surface area contributed by atoms with Crippen LogP contribution in [0.2, 0.25) is 0 Å². The number of hydrogen-bond acceptors (Lipinski definition) is 6. The molecule has 0 spiro atoms. The standard InChI is InChI=1S/C13H14F3N5O2/c1-21(2)6-5-17-11(22)9-4-3-8(7-18-9)10-19-12(23-20-10)13(14,15)16/h3-4,7H,5-6H2,1-2H3,(H,17,22). The highest BCUT2D eigenvalue weighted by atomic mass is 19.4. The Bertz CT molecular complexity index is 667. The lowest BCUT2D eigenvalue weighted by atomic mass is 10.2. The molecule has 1 N–H and O–H groups in total. The van der Waals surface area contributed by atoms with Crippen LogP contribution in [0.15, 0.2) is 22.9 Å². The molecule has 2 aromatic rings. The van der Waals surface area contributed by atoms with Crippen LogP contribution in [0.4, 0.5) is 13.2 Å². The zero-order valence-corrected chi connectivity index (χ0v) is 12.4. The van der Waals surface area contributed by atoms with Crippen molar-refractivity contribution in [3.05, 3.63) is 29.9 Å². The number of halogens is 3. The molecule has 0 atom stereocenters. The van der Waals surface area contributed by atoms with Crippen molar-refractivity contribution in [2.75, 3.05) is 27.2 Å². The van der Waals surface area contributed by atoms with Crippen molar-refractivity contribution in [3.63, 3.8) is 0 Å². The molecule has 0 aliphatic carbocycles. The lowest BCUT2D eigenvalue weighted by molar-refractivity contribution is -0.159. The highest BCUT2D eigenvalue weighted by molar-refractivity contribution is 5.92. The van der Waals surface area contributed by atoms with E-state index in [-0.39, 0.29) is 23.0 Å². The predicted molar refractivity (Wildman–Crippen MR) is 73.4 cm³/mol. The fourth-order valence-corrected chi connectivity index (χ4v) is 1.60. The molecule has 0 aromatic carbocycles. The second-order valence-corrected chi connectivity index (χ2v) is 4.91. The number of rotatable bonds is 5. The highest BCUT2D eigenvalue weighted by Crippen LogP contribution is 2.29. The number of amides is 1. The number of carbonyl (C=O) groups is 1. The maximum absolute atomic E-state index is 12.4. The van der Waals surface area contributed by atoms with E-state index in [0.29, 0.717) is 13.1 Å². The topological polar surface area (TPSA) is 84.2 Å². The van der Waals surface area contributed by atoms with Gasteiger partial charge in [0.25, 0.3) is 5.91 Å². The minimum Gasteiger partial charge on any atom is -0.349 e. The van der Waals surface area contributed by atoms with Crippen LogP contribution in [0.25, 0.3) is 11.4 Å². The van der Waals surface area contributed by atoms with Gasteiger partial charge in [-0.25, -0.2) is 0 Å². The van der Waals surface area contributed by atoms with E-state index in [4.69, 9.17) is 0 Å². The van der Waals surface area contributed by atoms with Gasteiger partial charge in [0.15, 0.2) is 0 Å². The summed E-state index contributed by atoms with van der Waals surface area (Å²) in [6, 6.07) is 2.78. The number of aromatic nitrogens is 3. The van der Waals surface area contributed by atoms with Crippen LogP contribution in [0, 0.1) is 0 Å². The first-order valence-corrected chi connectivity index (χ1v) is 6.57. The fourth-order valence-electron chi connectivity index (χ4n) is 1.60. The van der Waals surface area contributed by atoms with Gasteiger partial charge in [0.05, 0.1) is 0 Å². The van der Waals surface area contributed by atoms with E-state index in [2.05, 4.69) is 25.0 Å². The van der Waals surface area contributed by atoms with Gasteiger partial charge in [-0.2, -0.15) is 18.2 Å². The van der Waals surface area contributed by atoms with Gasteiger partial charge in [-0.05, 0) is 26.2 Å². The maximum Gasteiger partial charge on any atom is 0.471 e. The molecule has 0 unspecified atom stereocenters. The molecule has 0 aliphatic heterocycles. The summed E-state index contributed by atoms with van der Waals surface area (Å²) in [6.07, 6.45) is -3.49. The van der Waals surface area contributed by atoms with Gasteiger partial charge >= 0.3 is 12.1 Å². The van der Waals surface area contributed by atoms with Crippen molar-refractivity contribution in [1.82, 2.24) is 25.3 Å². The molecular formula is C13H14F3N5O2. The molecule has 2 rings (SSSR count). The normalized spacial score (nSPS) is 11.7. The number of nitrogens with zero attached hydrogens (tertiary/aromatic N) is 4. The third-order valence-corrected chi connectivity index (χ3v) is 2.77. The number of alkyl halides is 3. The van der Waals surface area contributed by atoms with Crippen molar-refractivity contribution >= 4 is 5.91 Å². The highest BCUT2D eigenvalue weighted by Gasteiger charge is 2.38. The van der Waals surface area contributed by atoms with Gasteiger partial charge in [0.1, 0.15) is 5.69 Å². The second kappa shape index (κ2) is 6.73.